The first-order valence-electron chi connectivity index (χ1n) is 5.68. The van der Waals surface area contributed by atoms with Crippen molar-refractivity contribution >= 4 is 44.4 Å². The minimum absolute atomic E-state index is 0.676. The van der Waals surface area contributed by atoms with E-state index in [0.29, 0.717) is 5.71 Å². The number of benzene rings is 2. The van der Waals surface area contributed by atoms with Crippen molar-refractivity contribution in [2.45, 2.75) is 0 Å². The van der Waals surface area contributed by atoms with Gasteiger partial charge in [0.05, 0.1) is 0 Å². The van der Waals surface area contributed by atoms with Gasteiger partial charge in [-0.15, -0.1) is 0 Å². The van der Waals surface area contributed by atoms with Gasteiger partial charge in [-0.2, -0.15) is 0 Å². The lowest BCUT2D eigenvalue weighted by Crippen LogP contribution is -1.74. The van der Waals surface area contributed by atoms with Crippen LogP contribution in [0.25, 0.3) is 32.8 Å². The highest BCUT2D eigenvalue weighted by molar-refractivity contribution is 6.31. The predicted octanol–water partition coefficient (Wildman–Crippen LogP) is 4.79. The summed E-state index contributed by atoms with van der Waals surface area (Å²) in [5, 5.41) is 5.01. The zero-order chi connectivity index (χ0) is 12.1. The highest BCUT2D eigenvalue weighted by Crippen LogP contribution is 2.33. The molecule has 2 nitrogen and oxygen atoms in total. The molecule has 0 fully saturated rings. The van der Waals surface area contributed by atoms with Crippen molar-refractivity contribution in [1.29, 1.82) is 0 Å². The fraction of sp³-hybridized carbons (Fsp3) is 0. The lowest BCUT2D eigenvalue weighted by atomic mass is 10.1. The van der Waals surface area contributed by atoms with Crippen LogP contribution >= 0.6 is 11.6 Å². The molecule has 86 valence electrons. The maximum Gasteiger partial charge on any atom is 0.227 e. The SMILES string of the molecule is Clc1ccc2c(ccc3c4cccnc4oc23)c1. The fourth-order valence-electron chi connectivity index (χ4n) is 2.37. The van der Waals surface area contributed by atoms with Crippen LogP contribution in [0.1, 0.15) is 0 Å². The third kappa shape index (κ3) is 1.27. The van der Waals surface area contributed by atoms with Crippen LogP contribution < -0.4 is 0 Å². The summed E-state index contributed by atoms with van der Waals surface area (Å²) in [6, 6.07) is 13.9. The molecule has 0 saturated carbocycles. The van der Waals surface area contributed by atoms with Crippen LogP contribution in [0.15, 0.2) is 53.1 Å². The molecule has 0 radical (unpaired) electrons. The lowest BCUT2D eigenvalue weighted by molar-refractivity contribution is 0.657. The summed E-state index contributed by atoms with van der Waals surface area (Å²) in [5.41, 5.74) is 1.55. The summed E-state index contributed by atoms with van der Waals surface area (Å²) in [5.74, 6) is 0. The van der Waals surface area contributed by atoms with E-state index in [4.69, 9.17) is 16.0 Å². The molecule has 0 spiro atoms. The maximum absolute atomic E-state index is 6.01. The fourth-order valence-corrected chi connectivity index (χ4v) is 2.55. The van der Waals surface area contributed by atoms with Gasteiger partial charge in [-0.3, -0.25) is 0 Å². The maximum atomic E-state index is 6.01. The summed E-state index contributed by atoms with van der Waals surface area (Å²) in [6.45, 7) is 0. The Balaban J connectivity index is 2.28. The normalized spacial score (nSPS) is 11.6. The standard InChI is InChI=1S/C15H8ClNO/c16-10-4-6-11-9(8-10)3-5-12-13-2-1-7-17-15(13)18-14(11)12/h1-8H. The Morgan fingerprint density at radius 1 is 0.944 bits per heavy atom. The molecule has 0 aliphatic carbocycles. The minimum atomic E-state index is 0.676. The van der Waals surface area contributed by atoms with Crippen LogP contribution in [0, 0.1) is 0 Å². The molecule has 2 aromatic heterocycles. The number of nitrogens with zero attached hydrogens (tertiary/aromatic N) is 1. The van der Waals surface area contributed by atoms with E-state index in [-0.39, 0.29) is 0 Å². The highest BCUT2D eigenvalue weighted by Gasteiger charge is 2.10. The van der Waals surface area contributed by atoms with Crippen molar-refractivity contribution in [2.75, 3.05) is 0 Å². The third-order valence-corrected chi connectivity index (χ3v) is 3.43. The molecule has 0 aliphatic heterocycles. The van der Waals surface area contributed by atoms with E-state index < -0.39 is 0 Å². The quantitative estimate of drug-likeness (QED) is 0.450. The van der Waals surface area contributed by atoms with Gasteiger partial charge >= 0.3 is 0 Å². The monoisotopic (exact) mass is 253 g/mol. The van der Waals surface area contributed by atoms with Gasteiger partial charge in [-0.05, 0) is 41.8 Å². The van der Waals surface area contributed by atoms with Gasteiger partial charge in [0, 0.05) is 27.4 Å². The third-order valence-electron chi connectivity index (χ3n) is 3.19. The second kappa shape index (κ2) is 3.47. The van der Waals surface area contributed by atoms with Crippen LogP contribution in [0.2, 0.25) is 5.02 Å². The Bertz CT molecular complexity index is 895. The predicted molar refractivity (Wildman–Crippen MR) is 74.0 cm³/mol. The van der Waals surface area contributed by atoms with Gasteiger partial charge in [0.1, 0.15) is 5.58 Å². The Kier molecular flexibility index (Phi) is 1.91. The van der Waals surface area contributed by atoms with E-state index in [0.717, 1.165) is 32.2 Å². The Morgan fingerprint density at radius 2 is 1.83 bits per heavy atom. The van der Waals surface area contributed by atoms with E-state index >= 15 is 0 Å². The molecule has 2 aromatic carbocycles. The van der Waals surface area contributed by atoms with E-state index in [1.807, 2.05) is 30.3 Å². The van der Waals surface area contributed by atoms with Crippen LogP contribution in [0.3, 0.4) is 0 Å². The average molecular weight is 254 g/mol. The lowest BCUT2D eigenvalue weighted by Gasteiger charge is -1.98. The summed E-state index contributed by atoms with van der Waals surface area (Å²) in [7, 11) is 0. The van der Waals surface area contributed by atoms with Crippen molar-refractivity contribution in [3.05, 3.63) is 53.7 Å². The Morgan fingerprint density at radius 3 is 2.78 bits per heavy atom. The van der Waals surface area contributed by atoms with Crippen molar-refractivity contribution in [1.82, 2.24) is 4.98 Å². The molecule has 0 bridgehead atoms. The minimum Gasteiger partial charge on any atom is -0.437 e. The van der Waals surface area contributed by atoms with E-state index in [1.165, 1.54) is 0 Å². The molecule has 18 heavy (non-hydrogen) atoms. The van der Waals surface area contributed by atoms with E-state index in [2.05, 4.69) is 17.1 Å². The van der Waals surface area contributed by atoms with Gasteiger partial charge in [-0.25, -0.2) is 4.98 Å². The number of halogens is 1. The first-order valence-corrected chi connectivity index (χ1v) is 6.06. The molecule has 4 aromatic rings. The summed E-state index contributed by atoms with van der Waals surface area (Å²) in [6.07, 6.45) is 1.74. The van der Waals surface area contributed by atoms with Gasteiger partial charge in [-0.1, -0.05) is 17.7 Å². The molecular formula is C15H8ClNO. The molecule has 0 amide bonds. The number of fused-ring (bicyclic) bond motifs is 5. The van der Waals surface area contributed by atoms with Gasteiger partial charge < -0.3 is 4.42 Å². The van der Waals surface area contributed by atoms with E-state index in [9.17, 15) is 0 Å². The molecular weight excluding hydrogens is 246 g/mol. The van der Waals surface area contributed by atoms with Crippen molar-refractivity contribution in [2.24, 2.45) is 0 Å². The summed E-state index contributed by atoms with van der Waals surface area (Å²) in [4.78, 5) is 4.25. The largest absolute Gasteiger partial charge is 0.437 e. The van der Waals surface area contributed by atoms with Crippen LogP contribution in [0.4, 0.5) is 0 Å². The van der Waals surface area contributed by atoms with E-state index in [1.54, 1.807) is 6.20 Å². The van der Waals surface area contributed by atoms with Crippen molar-refractivity contribution < 1.29 is 4.42 Å². The Labute approximate surface area is 108 Å². The average Bonchev–Trinajstić information content (AvgIpc) is 2.77. The number of hydrogen-bond acceptors (Lipinski definition) is 2. The first-order chi connectivity index (χ1) is 8.83. The first kappa shape index (κ1) is 9.92. The Hall–Kier alpha value is -2.06. The smallest absolute Gasteiger partial charge is 0.227 e. The molecule has 2 heterocycles. The molecule has 0 atom stereocenters. The van der Waals surface area contributed by atoms with Gasteiger partial charge in [0.2, 0.25) is 5.71 Å². The molecule has 0 unspecified atom stereocenters. The van der Waals surface area contributed by atoms with Gasteiger partial charge in [0.25, 0.3) is 0 Å². The highest BCUT2D eigenvalue weighted by atomic mass is 35.5. The number of aromatic nitrogens is 1. The number of pyridine rings is 1. The molecule has 0 aliphatic rings. The molecule has 0 N–H and O–H groups in total. The zero-order valence-electron chi connectivity index (χ0n) is 9.35. The molecule has 0 saturated heterocycles. The second-order valence-corrected chi connectivity index (χ2v) is 4.70. The van der Waals surface area contributed by atoms with Crippen molar-refractivity contribution in [3.63, 3.8) is 0 Å². The number of rotatable bonds is 0. The zero-order valence-corrected chi connectivity index (χ0v) is 10.1. The molecule has 4 rings (SSSR count). The van der Waals surface area contributed by atoms with Crippen LogP contribution in [0.5, 0.6) is 0 Å². The number of hydrogen-bond donors (Lipinski definition) is 0. The molecule has 3 heteroatoms. The second-order valence-electron chi connectivity index (χ2n) is 4.27. The van der Waals surface area contributed by atoms with Crippen molar-refractivity contribution in [3.8, 4) is 0 Å². The summed E-state index contributed by atoms with van der Waals surface area (Å²) >= 11 is 6.01. The van der Waals surface area contributed by atoms with Crippen LogP contribution in [-0.4, -0.2) is 4.98 Å². The topological polar surface area (TPSA) is 26.0 Å². The summed E-state index contributed by atoms with van der Waals surface area (Å²) < 4.78 is 5.85. The van der Waals surface area contributed by atoms with Crippen LogP contribution in [-0.2, 0) is 0 Å². The number of furan rings is 1. The van der Waals surface area contributed by atoms with Gasteiger partial charge in [0.15, 0.2) is 0 Å².